The predicted molar refractivity (Wildman–Crippen MR) is 114 cm³/mol. The minimum atomic E-state index is 0.750. The van der Waals surface area contributed by atoms with Gasteiger partial charge in [0.1, 0.15) is 6.29 Å². The lowest BCUT2D eigenvalue weighted by Crippen LogP contribution is -1.47. The maximum Gasteiger partial charge on any atom is 0.116 e. The molecule has 0 aromatic heterocycles. The van der Waals surface area contributed by atoms with Crippen LogP contribution in [-0.2, 0) is 4.79 Å². The van der Waals surface area contributed by atoms with E-state index >= 15 is 0 Å². The van der Waals surface area contributed by atoms with Gasteiger partial charge in [-0.05, 0) is 6.92 Å². The Labute approximate surface area is 147 Å². The monoisotopic (exact) mass is 324 g/mol. The Kier molecular flexibility index (Phi) is 560. The SMILES string of the molecule is CC.CC.CC.CC.CC=O.CCC.CCCC.CCCC. The molecule has 0 aliphatic carbocycles. The van der Waals surface area contributed by atoms with Gasteiger partial charge in [-0.15, -0.1) is 0 Å². The Morgan fingerprint density at radius 3 is 0.545 bits per heavy atom. The summed E-state index contributed by atoms with van der Waals surface area (Å²) in [6, 6.07) is 0. The van der Waals surface area contributed by atoms with E-state index in [0.717, 1.165) is 6.29 Å². The molecule has 0 spiro atoms. The summed E-state index contributed by atoms with van der Waals surface area (Å²) in [5.41, 5.74) is 0. The molecule has 0 aromatic rings. The molecule has 0 saturated heterocycles. The van der Waals surface area contributed by atoms with Gasteiger partial charge in [0.15, 0.2) is 0 Å². The molecular weight excluding hydrogens is 268 g/mol. The third-order valence-electron chi connectivity index (χ3n) is 1.000. The van der Waals surface area contributed by atoms with Gasteiger partial charge in [-0.2, -0.15) is 0 Å². The lowest BCUT2D eigenvalue weighted by molar-refractivity contribution is -0.106. The van der Waals surface area contributed by atoms with Crippen LogP contribution in [0.1, 0.15) is 136 Å². The zero-order valence-electron chi connectivity index (χ0n) is 19.5. The average molecular weight is 325 g/mol. The van der Waals surface area contributed by atoms with Crippen molar-refractivity contribution < 1.29 is 4.79 Å². The van der Waals surface area contributed by atoms with E-state index in [4.69, 9.17) is 4.79 Å². The summed E-state index contributed by atoms with van der Waals surface area (Å²) < 4.78 is 0. The maximum absolute atomic E-state index is 8.81. The first-order chi connectivity index (χ1) is 10.7. The zero-order valence-corrected chi connectivity index (χ0v) is 19.5. The van der Waals surface area contributed by atoms with E-state index in [1.54, 1.807) is 0 Å². The Morgan fingerprint density at radius 2 is 0.545 bits per heavy atom. The molecule has 0 atom stereocenters. The van der Waals surface area contributed by atoms with E-state index in [1.165, 1.54) is 39.0 Å². The number of carbonyl (C=O) groups excluding carboxylic acids is 1. The fourth-order valence-corrected chi connectivity index (χ4v) is 0. The molecule has 1 heteroatoms. The minimum absolute atomic E-state index is 0.750. The lowest BCUT2D eigenvalue weighted by Gasteiger charge is -1.68. The number of unbranched alkanes of at least 4 members (excludes halogenated alkanes) is 2. The summed E-state index contributed by atoms with van der Waals surface area (Å²) in [6.45, 7) is 30.4. The number of aldehydes is 1. The fraction of sp³-hybridized carbons (Fsp3) is 0.952. The van der Waals surface area contributed by atoms with Gasteiger partial charge >= 0.3 is 0 Å². The van der Waals surface area contributed by atoms with Gasteiger partial charge in [-0.1, -0.05) is 129 Å². The van der Waals surface area contributed by atoms with E-state index < -0.39 is 0 Å². The molecular formula is C21H56O. The van der Waals surface area contributed by atoms with E-state index in [0.29, 0.717) is 0 Å². The van der Waals surface area contributed by atoms with Crippen molar-refractivity contribution in [3.63, 3.8) is 0 Å². The van der Waals surface area contributed by atoms with Crippen LogP contribution in [0, 0.1) is 0 Å². The van der Waals surface area contributed by atoms with E-state index in [-0.39, 0.29) is 0 Å². The second-order valence-electron chi connectivity index (χ2n) is 2.94. The molecule has 0 amide bonds. The van der Waals surface area contributed by atoms with Crippen LogP contribution in [0.3, 0.4) is 0 Å². The molecule has 0 heterocycles. The number of hydrogen-bond donors (Lipinski definition) is 0. The molecule has 0 N–H and O–H groups in total. The van der Waals surface area contributed by atoms with Gasteiger partial charge in [-0.3, -0.25) is 0 Å². The largest absolute Gasteiger partial charge is 0.304 e. The quantitative estimate of drug-likeness (QED) is 0.462. The molecule has 0 aromatic carbocycles. The summed E-state index contributed by atoms with van der Waals surface area (Å²) in [7, 11) is 0. The van der Waals surface area contributed by atoms with Crippen LogP contribution in [0.4, 0.5) is 0 Å². The van der Waals surface area contributed by atoms with Gasteiger partial charge in [0.2, 0.25) is 0 Å². The smallest absolute Gasteiger partial charge is 0.116 e. The first kappa shape index (κ1) is 49.5. The Hall–Kier alpha value is -0.330. The van der Waals surface area contributed by atoms with Crippen LogP contribution in [-0.4, -0.2) is 6.29 Å². The Balaban J connectivity index is -0.0000000174. The normalized spacial score (nSPS) is 5.23. The van der Waals surface area contributed by atoms with Crippen molar-refractivity contribution in [3.8, 4) is 0 Å². The summed E-state index contributed by atoms with van der Waals surface area (Å²) in [5.74, 6) is 0. The molecule has 0 unspecified atom stereocenters. The molecule has 0 aliphatic rings. The van der Waals surface area contributed by atoms with Gasteiger partial charge in [0.25, 0.3) is 0 Å². The highest BCUT2D eigenvalue weighted by Gasteiger charge is 1.56. The third-order valence-corrected chi connectivity index (χ3v) is 1.000. The molecule has 0 radical (unpaired) electrons. The van der Waals surface area contributed by atoms with E-state index in [1.807, 2.05) is 55.4 Å². The Bertz CT molecular complexity index is 43.9. The third kappa shape index (κ3) is 2460. The second-order valence-corrected chi connectivity index (χ2v) is 2.94. The van der Waals surface area contributed by atoms with Crippen molar-refractivity contribution in [1.82, 2.24) is 0 Å². The summed E-state index contributed by atoms with van der Waals surface area (Å²) in [5, 5.41) is 0. The number of carbonyl (C=O) groups is 1. The van der Waals surface area contributed by atoms with Crippen molar-refractivity contribution in [2.24, 2.45) is 0 Å². The molecule has 0 fully saturated rings. The molecule has 0 saturated carbocycles. The van der Waals surface area contributed by atoms with Crippen molar-refractivity contribution in [2.75, 3.05) is 0 Å². The highest BCUT2D eigenvalue weighted by Crippen LogP contribution is 1.77. The second kappa shape index (κ2) is 249. The molecule has 0 bridgehead atoms. The van der Waals surface area contributed by atoms with Crippen LogP contribution in [0.5, 0.6) is 0 Å². The van der Waals surface area contributed by atoms with Gasteiger partial charge in [0, 0.05) is 0 Å². The topological polar surface area (TPSA) is 17.1 Å². The summed E-state index contributed by atoms with van der Waals surface area (Å²) >= 11 is 0. The Morgan fingerprint density at radius 1 is 0.500 bits per heavy atom. The molecule has 0 rings (SSSR count). The van der Waals surface area contributed by atoms with Crippen molar-refractivity contribution in [3.05, 3.63) is 0 Å². The van der Waals surface area contributed by atoms with Crippen LogP contribution < -0.4 is 0 Å². The fourth-order valence-electron chi connectivity index (χ4n) is 0. The van der Waals surface area contributed by atoms with E-state index in [9.17, 15) is 0 Å². The highest BCUT2D eigenvalue weighted by molar-refractivity contribution is 5.44. The van der Waals surface area contributed by atoms with Crippen molar-refractivity contribution in [2.45, 2.75) is 136 Å². The van der Waals surface area contributed by atoms with Gasteiger partial charge in [0.05, 0.1) is 0 Å². The van der Waals surface area contributed by atoms with Crippen LogP contribution >= 0.6 is 0 Å². The van der Waals surface area contributed by atoms with Gasteiger partial charge in [-0.25, -0.2) is 0 Å². The van der Waals surface area contributed by atoms with Crippen LogP contribution in [0.25, 0.3) is 0 Å². The maximum atomic E-state index is 8.81. The molecule has 146 valence electrons. The summed E-state index contributed by atoms with van der Waals surface area (Å²) in [4.78, 5) is 8.81. The predicted octanol–water partition coefficient (Wildman–Crippen LogP) is 9.34. The van der Waals surface area contributed by atoms with Crippen LogP contribution in [0.2, 0.25) is 0 Å². The zero-order chi connectivity index (χ0) is 20.2. The first-order valence-electron chi connectivity index (χ1n) is 10.1. The highest BCUT2D eigenvalue weighted by atomic mass is 16.1. The van der Waals surface area contributed by atoms with E-state index in [2.05, 4.69) is 41.5 Å². The van der Waals surface area contributed by atoms with Crippen molar-refractivity contribution >= 4 is 6.29 Å². The number of rotatable bonds is 2. The van der Waals surface area contributed by atoms with Crippen molar-refractivity contribution in [1.29, 1.82) is 0 Å². The molecule has 1 nitrogen and oxygen atoms in total. The minimum Gasteiger partial charge on any atom is -0.304 e. The molecule has 22 heavy (non-hydrogen) atoms. The summed E-state index contributed by atoms with van der Waals surface area (Å²) in [6.07, 6.45) is 7.28. The average Bonchev–Trinajstić information content (AvgIpc) is 2.63. The van der Waals surface area contributed by atoms with Crippen LogP contribution in [0.15, 0.2) is 0 Å². The standard InChI is InChI=1S/2C4H10.C3H8.C2H4O.4C2H6/c2*1-3-4-2;1-3-2;1-2-3;4*1-2/h2*3-4H2,1-2H3;3H2,1-2H3;2H,1H3;4*1-2H3. The molecule has 0 aliphatic heterocycles. The van der Waals surface area contributed by atoms with Gasteiger partial charge < -0.3 is 4.79 Å². The first-order valence-corrected chi connectivity index (χ1v) is 10.1. The number of hydrogen-bond acceptors (Lipinski definition) is 1. The lowest BCUT2D eigenvalue weighted by atomic mass is 10.4.